The molecule has 0 unspecified atom stereocenters. The summed E-state index contributed by atoms with van der Waals surface area (Å²) in [5.74, 6) is 0. The molecule has 2 atom stereocenters. The minimum Gasteiger partial charge on any atom is -0.444 e. The van der Waals surface area contributed by atoms with Crippen molar-refractivity contribution in [2.45, 2.75) is 43.3 Å². The van der Waals surface area contributed by atoms with Gasteiger partial charge in [-0.2, -0.15) is 0 Å². The summed E-state index contributed by atoms with van der Waals surface area (Å²) in [6, 6.07) is 4.02. The lowest BCUT2D eigenvalue weighted by molar-refractivity contribution is -0.384. The van der Waals surface area contributed by atoms with Gasteiger partial charge in [0, 0.05) is 25.2 Å². The lowest BCUT2D eigenvalue weighted by atomic mass is 10.2. The Hall–Kier alpha value is -2.49. The van der Waals surface area contributed by atoms with Gasteiger partial charge in [-0.15, -0.1) is 0 Å². The first-order chi connectivity index (χ1) is 12.1. The summed E-state index contributed by atoms with van der Waals surface area (Å²) >= 11 is 0. The highest BCUT2D eigenvalue weighted by molar-refractivity contribution is 7.85. The fourth-order valence-corrected chi connectivity index (χ4v) is 3.91. The lowest BCUT2D eigenvalue weighted by Crippen LogP contribution is -2.36. The lowest BCUT2D eigenvalue weighted by Gasteiger charge is -2.24. The minimum atomic E-state index is -1.57. The Morgan fingerprint density at radius 2 is 2.19 bits per heavy atom. The summed E-state index contributed by atoms with van der Waals surface area (Å²) in [7, 11) is -1.57. The summed E-state index contributed by atoms with van der Waals surface area (Å²) in [5.41, 5.74) is -0.0887. The van der Waals surface area contributed by atoms with Gasteiger partial charge in [-0.1, -0.05) is 0 Å². The van der Waals surface area contributed by atoms with Crippen molar-refractivity contribution in [1.82, 2.24) is 9.88 Å². The number of amides is 1. The molecule has 0 spiro atoms. The van der Waals surface area contributed by atoms with Crippen LogP contribution in [0.1, 0.15) is 27.2 Å². The fourth-order valence-electron chi connectivity index (χ4n) is 2.63. The van der Waals surface area contributed by atoms with Crippen molar-refractivity contribution < 1.29 is 23.1 Å². The van der Waals surface area contributed by atoms with E-state index in [2.05, 4.69) is 4.98 Å². The Kier molecular flexibility index (Phi) is 4.70. The molecule has 0 N–H and O–H groups in total. The number of aromatic nitrogens is 1. The van der Waals surface area contributed by atoms with Crippen LogP contribution in [0, 0.1) is 10.1 Å². The highest BCUT2D eigenvalue weighted by Crippen LogP contribution is 2.26. The molecule has 2 heterocycles. The van der Waals surface area contributed by atoms with Crippen LogP contribution in [0.2, 0.25) is 0 Å². The van der Waals surface area contributed by atoms with Crippen LogP contribution >= 0.6 is 0 Å². The van der Waals surface area contributed by atoms with E-state index in [-0.39, 0.29) is 28.2 Å². The SMILES string of the molecule is CC(C)(C)OC(=O)N1CC[C@H]([S@](=O)c2nc3cc([N+](=O)[O-])ccc3o2)C1. The van der Waals surface area contributed by atoms with Crippen LogP contribution in [0.15, 0.2) is 27.8 Å². The quantitative estimate of drug-likeness (QED) is 0.593. The van der Waals surface area contributed by atoms with Crippen molar-refractivity contribution in [3.63, 3.8) is 0 Å². The Morgan fingerprint density at radius 3 is 2.85 bits per heavy atom. The van der Waals surface area contributed by atoms with Crippen molar-refractivity contribution in [1.29, 1.82) is 0 Å². The molecule has 1 amide bonds. The van der Waals surface area contributed by atoms with Gasteiger partial charge in [0.2, 0.25) is 0 Å². The number of hydrogen-bond donors (Lipinski definition) is 0. The van der Waals surface area contributed by atoms with E-state index in [1.807, 2.05) is 0 Å². The van der Waals surface area contributed by atoms with Crippen molar-refractivity contribution in [3.05, 3.63) is 28.3 Å². The van der Waals surface area contributed by atoms with Crippen LogP contribution in [-0.2, 0) is 15.5 Å². The second-order valence-electron chi connectivity index (χ2n) is 7.02. The predicted molar refractivity (Wildman–Crippen MR) is 93.3 cm³/mol. The number of benzene rings is 1. The van der Waals surface area contributed by atoms with Crippen molar-refractivity contribution in [2.75, 3.05) is 13.1 Å². The second kappa shape index (κ2) is 6.67. The number of fused-ring (bicyclic) bond motifs is 1. The van der Waals surface area contributed by atoms with E-state index in [9.17, 15) is 19.1 Å². The molecular formula is C16H19N3O6S. The minimum absolute atomic E-state index is 0.0107. The number of nitrogens with zero attached hydrogens (tertiary/aromatic N) is 3. The van der Waals surface area contributed by atoms with Crippen molar-refractivity contribution >= 4 is 33.7 Å². The number of oxazole rings is 1. The van der Waals surface area contributed by atoms with Crippen molar-refractivity contribution in [2.24, 2.45) is 0 Å². The number of nitro benzene ring substituents is 1. The third-order valence-electron chi connectivity index (χ3n) is 3.83. The van der Waals surface area contributed by atoms with E-state index in [4.69, 9.17) is 9.15 Å². The smallest absolute Gasteiger partial charge is 0.410 e. The maximum atomic E-state index is 12.7. The average Bonchev–Trinajstić information content (AvgIpc) is 3.18. The van der Waals surface area contributed by atoms with Gasteiger partial charge in [0.05, 0.1) is 10.2 Å². The number of likely N-dealkylation sites (tertiary alicyclic amines) is 1. The zero-order valence-electron chi connectivity index (χ0n) is 14.6. The molecule has 1 aliphatic rings. The molecule has 1 aliphatic heterocycles. The van der Waals surface area contributed by atoms with Crippen LogP contribution in [0.5, 0.6) is 0 Å². The summed E-state index contributed by atoms with van der Waals surface area (Å²) in [6.07, 6.45) is 0.0928. The molecule has 0 aliphatic carbocycles. The van der Waals surface area contributed by atoms with Gasteiger partial charge in [-0.3, -0.25) is 10.1 Å². The van der Waals surface area contributed by atoms with Crippen LogP contribution < -0.4 is 0 Å². The van der Waals surface area contributed by atoms with E-state index in [1.54, 1.807) is 20.8 Å². The maximum Gasteiger partial charge on any atom is 0.410 e. The number of rotatable bonds is 3. The van der Waals surface area contributed by atoms with Gasteiger partial charge in [-0.25, -0.2) is 14.0 Å². The fraction of sp³-hybridized carbons (Fsp3) is 0.500. The molecule has 26 heavy (non-hydrogen) atoms. The highest BCUT2D eigenvalue weighted by Gasteiger charge is 2.35. The molecule has 1 aromatic heterocycles. The molecule has 0 bridgehead atoms. The third-order valence-corrected chi connectivity index (χ3v) is 5.34. The number of carbonyl (C=O) groups excluding carboxylic acids is 1. The van der Waals surface area contributed by atoms with Crippen LogP contribution in [0.4, 0.5) is 10.5 Å². The maximum absolute atomic E-state index is 12.7. The summed E-state index contributed by atoms with van der Waals surface area (Å²) in [5, 5.41) is 10.5. The first kappa shape index (κ1) is 18.3. The Balaban J connectivity index is 1.73. The molecule has 140 valence electrons. The first-order valence-electron chi connectivity index (χ1n) is 8.07. The van der Waals surface area contributed by atoms with Crippen LogP contribution in [0.25, 0.3) is 11.1 Å². The normalized spacial score (nSPS) is 18.9. The van der Waals surface area contributed by atoms with Gasteiger partial charge in [0.15, 0.2) is 5.58 Å². The van der Waals surface area contributed by atoms with Gasteiger partial charge >= 0.3 is 6.09 Å². The molecular weight excluding hydrogens is 362 g/mol. The summed E-state index contributed by atoms with van der Waals surface area (Å²) < 4.78 is 23.5. The molecule has 0 saturated carbocycles. The van der Waals surface area contributed by atoms with Gasteiger partial charge < -0.3 is 14.1 Å². The number of carbonyl (C=O) groups is 1. The monoisotopic (exact) mass is 381 g/mol. The Morgan fingerprint density at radius 1 is 1.46 bits per heavy atom. The molecule has 2 aromatic rings. The second-order valence-corrected chi connectivity index (χ2v) is 8.63. The Labute approximate surface area is 151 Å². The van der Waals surface area contributed by atoms with Crippen LogP contribution in [-0.4, -0.2) is 49.0 Å². The molecule has 1 saturated heterocycles. The Bertz CT molecular complexity index is 888. The number of non-ortho nitro benzene ring substituents is 1. The molecule has 0 radical (unpaired) electrons. The third kappa shape index (κ3) is 3.85. The highest BCUT2D eigenvalue weighted by atomic mass is 32.2. The van der Waals surface area contributed by atoms with Crippen molar-refractivity contribution in [3.8, 4) is 0 Å². The summed E-state index contributed by atoms with van der Waals surface area (Å²) in [6.45, 7) is 6.08. The van der Waals surface area contributed by atoms with E-state index in [1.165, 1.54) is 23.1 Å². The zero-order valence-corrected chi connectivity index (χ0v) is 15.4. The van der Waals surface area contributed by atoms with Gasteiger partial charge in [0.1, 0.15) is 21.9 Å². The largest absolute Gasteiger partial charge is 0.444 e. The molecule has 1 aromatic carbocycles. The van der Waals surface area contributed by atoms with Crippen LogP contribution in [0.3, 0.4) is 0 Å². The summed E-state index contributed by atoms with van der Waals surface area (Å²) in [4.78, 5) is 28.1. The van der Waals surface area contributed by atoms with Gasteiger partial charge in [0.25, 0.3) is 10.9 Å². The molecule has 10 heteroatoms. The number of ether oxygens (including phenoxy) is 1. The van der Waals surface area contributed by atoms with E-state index < -0.39 is 27.4 Å². The molecule has 1 fully saturated rings. The predicted octanol–water partition coefficient (Wildman–Crippen LogP) is 2.85. The zero-order chi connectivity index (χ0) is 19.1. The van der Waals surface area contributed by atoms with E-state index >= 15 is 0 Å². The van der Waals surface area contributed by atoms with Gasteiger partial charge in [-0.05, 0) is 33.3 Å². The van der Waals surface area contributed by atoms with E-state index in [0.29, 0.717) is 18.5 Å². The number of nitro groups is 1. The topological polar surface area (TPSA) is 116 Å². The average molecular weight is 381 g/mol. The number of hydrogen-bond acceptors (Lipinski definition) is 7. The molecule has 3 rings (SSSR count). The van der Waals surface area contributed by atoms with E-state index in [0.717, 1.165) is 0 Å². The standard InChI is InChI=1S/C16H19N3O6S/c1-16(2,3)25-15(20)18-7-6-11(9-18)26(23)14-17-12-8-10(19(21)22)4-5-13(12)24-14/h4-5,8,11H,6-7,9H2,1-3H3/t11-,26-/m0/s1. The molecule has 9 nitrogen and oxygen atoms in total. The first-order valence-corrected chi connectivity index (χ1v) is 9.29.